The highest BCUT2D eigenvalue weighted by Crippen LogP contribution is 2.34. The van der Waals surface area contributed by atoms with E-state index in [0.717, 1.165) is 5.56 Å². The van der Waals surface area contributed by atoms with Crippen LogP contribution in [0.25, 0.3) is 16.9 Å². The molecule has 3 aromatic rings. The third kappa shape index (κ3) is 3.77. The summed E-state index contributed by atoms with van der Waals surface area (Å²) in [5.74, 6) is -2.52. The van der Waals surface area contributed by atoms with Crippen LogP contribution in [0.15, 0.2) is 47.4 Å². The summed E-state index contributed by atoms with van der Waals surface area (Å²) < 4.78 is 91.9. The molecule has 28 heavy (non-hydrogen) atoms. The predicted molar refractivity (Wildman–Crippen MR) is 91.8 cm³/mol. The van der Waals surface area contributed by atoms with Gasteiger partial charge in [0.25, 0.3) is 0 Å². The van der Waals surface area contributed by atoms with Crippen LogP contribution < -0.4 is 0 Å². The van der Waals surface area contributed by atoms with Crippen LogP contribution in [0.5, 0.6) is 0 Å². The second kappa shape index (κ2) is 6.69. The lowest BCUT2D eigenvalue weighted by Crippen LogP contribution is -2.10. The molecule has 0 amide bonds. The number of alkyl halides is 3. The molecule has 0 atom stereocenters. The topological polar surface area (TPSA) is 52.0 Å². The Kier molecular flexibility index (Phi) is 4.78. The second-order valence-electron chi connectivity index (χ2n) is 6.20. The Morgan fingerprint density at radius 1 is 0.964 bits per heavy atom. The molecule has 2 aromatic carbocycles. The molecule has 1 aromatic heterocycles. The molecule has 0 spiro atoms. The fourth-order valence-corrected chi connectivity index (χ4v) is 3.33. The van der Waals surface area contributed by atoms with Crippen molar-refractivity contribution in [1.29, 1.82) is 0 Å². The number of aromatic nitrogens is 2. The van der Waals surface area contributed by atoms with E-state index in [0.29, 0.717) is 34.7 Å². The van der Waals surface area contributed by atoms with Gasteiger partial charge in [0.15, 0.2) is 15.5 Å². The van der Waals surface area contributed by atoms with Crippen LogP contribution in [0, 0.1) is 18.6 Å². The van der Waals surface area contributed by atoms with Gasteiger partial charge in [0, 0.05) is 17.9 Å². The lowest BCUT2D eigenvalue weighted by Gasteiger charge is -2.11. The van der Waals surface area contributed by atoms with Crippen LogP contribution >= 0.6 is 0 Å². The number of hydrogen-bond acceptors (Lipinski definition) is 3. The lowest BCUT2D eigenvalue weighted by molar-refractivity contribution is -0.141. The maximum atomic E-state index is 14.5. The number of benzene rings is 2. The van der Waals surface area contributed by atoms with Crippen molar-refractivity contribution in [2.75, 3.05) is 6.26 Å². The molecule has 0 radical (unpaired) electrons. The van der Waals surface area contributed by atoms with E-state index in [9.17, 15) is 30.4 Å². The maximum absolute atomic E-state index is 14.5. The first-order valence-corrected chi connectivity index (χ1v) is 9.71. The molecule has 148 valence electrons. The molecule has 0 saturated heterocycles. The molecule has 0 aliphatic carbocycles. The standard InChI is InChI=1S/C18H13F5N2O2S/c1-10-3-5-11(6-4-10)14-9-17(18(21,22)23)24-25(14)15-7-13(20)16(8-12(15)19)28(2,26)27/h3-9H,1-2H3. The fraction of sp³-hybridized carbons (Fsp3) is 0.167. The SMILES string of the molecule is Cc1ccc(-c2cc(C(F)(F)F)nn2-c2cc(F)c(S(C)(=O)=O)cc2F)cc1. The van der Waals surface area contributed by atoms with Crippen LogP contribution in [0.2, 0.25) is 0 Å². The third-order valence-electron chi connectivity index (χ3n) is 3.98. The zero-order chi connectivity index (χ0) is 20.9. The summed E-state index contributed by atoms with van der Waals surface area (Å²) >= 11 is 0. The minimum absolute atomic E-state index is 0.127. The Bertz CT molecular complexity index is 1150. The summed E-state index contributed by atoms with van der Waals surface area (Å²) in [7, 11) is -4.06. The van der Waals surface area contributed by atoms with Crippen LogP contribution in [-0.2, 0) is 16.0 Å². The van der Waals surface area contributed by atoms with Gasteiger partial charge in [-0.3, -0.25) is 0 Å². The van der Waals surface area contributed by atoms with Gasteiger partial charge < -0.3 is 0 Å². The van der Waals surface area contributed by atoms with Crippen LogP contribution in [-0.4, -0.2) is 24.5 Å². The van der Waals surface area contributed by atoms with Crippen LogP contribution in [0.1, 0.15) is 11.3 Å². The molecular weight excluding hydrogens is 403 g/mol. The summed E-state index contributed by atoms with van der Waals surface area (Å²) in [5, 5.41) is 3.38. The van der Waals surface area contributed by atoms with E-state index in [-0.39, 0.29) is 5.69 Å². The first kappa shape index (κ1) is 20.0. The summed E-state index contributed by atoms with van der Waals surface area (Å²) in [5.41, 5.74) is -0.926. The normalized spacial score (nSPS) is 12.4. The minimum atomic E-state index is -4.81. The van der Waals surface area contributed by atoms with E-state index >= 15 is 0 Å². The molecule has 0 saturated carbocycles. The molecule has 0 fully saturated rings. The van der Waals surface area contributed by atoms with E-state index in [1.165, 1.54) is 12.1 Å². The molecule has 0 aliphatic heterocycles. The average molecular weight is 416 g/mol. The quantitative estimate of drug-likeness (QED) is 0.589. The van der Waals surface area contributed by atoms with Crippen molar-refractivity contribution < 1.29 is 30.4 Å². The van der Waals surface area contributed by atoms with E-state index < -0.39 is 43.9 Å². The van der Waals surface area contributed by atoms with Crippen molar-refractivity contribution in [2.24, 2.45) is 0 Å². The van der Waals surface area contributed by atoms with Gasteiger partial charge in [-0.25, -0.2) is 21.9 Å². The highest BCUT2D eigenvalue weighted by atomic mass is 32.2. The van der Waals surface area contributed by atoms with Gasteiger partial charge in [-0.15, -0.1) is 0 Å². The van der Waals surface area contributed by atoms with Gasteiger partial charge >= 0.3 is 6.18 Å². The van der Waals surface area contributed by atoms with Gasteiger partial charge in [0.1, 0.15) is 22.2 Å². The molecule has 0 bridgehead atoms. The summed E-state index contributed by atoms with van der Waals surface area (Å²) in [6.45, 7) is 1.78. The number of rotatable bonds is 3. The van der Waals surface area contributed by atoms with Crippen LogP contribution in [0.4, 0.5) is 22.0 Å². The number of halogens is 5. The molecule has 4 nitrogen and oxygen atoms in total. The van der Waals surface area contributed by atoms with Gasteiger partial charge in [0.05, 0.1) is 5.69 Å². The third-order valence-corrected chi connectivity index (χ3v) is 5.09. The number of aryl methyl sites for hydroxylation is 1. The monoisotopic (exact) mass is 416 g/mol. The van der Waals surface area contributed by atoms with Gasteiger partial charge in [-0.2, -0.15) is 18.3 Å². The first-order chi connectivity index (χ1) is 12.9. The van der Waals surface area contributed by atoms with Gasteiger partial charge in [-0.1, -0.05) is 29.8 Å². The maximum Gasteiger partial charge on any atom is 0.435 e. The molecule has 0 unspecified atom stereocenters. The number of hydrogen-bond donors (Lipinski definition) is 0. The first-order valence-electron chi connectivity index (χ1n) is 7.81. The van der Waals surface area contributed by atoms with E-state index in [1.807, 2.05) is 0 Å². The molecule has 10 heteroatoms. The Labute approximate surface area is 157 Å². The average Bonchev–Trinajstić information content (AvgIpc) is 3.01. The second-order valence-corrected chi connectivity index (χ2v) is 8.18. The van der Waals surface area contributed by atoms with Crippen molar-refractivity contribution in [3.05, 3.63) is 65.4 Å². The molecule has 1 heterocycles. The molecular formula is C18H13F5N2O2S. The number of sulfone groups is 1. The van der Waals surface area contributed by atoms with Crippen molar-refractivity contribution in [1.82, 2.24) is 9.78 Å². The number of nitrogens with zero attached hydrogens (tertiary/aromatic N) is 2. The molecule has 0 N–H and O–H groups in total. The lowest BCUT2D eigenvalue weighted by atomic mass is 10.1. The van der Waals surface area contributed by atoms with Crippen LogP contribution in [0.3, 0.4) is 0 Å². The Morgan fingerprint density at radius 3 is 2.11 bits per heavy atom. The Hall–Kier alpha value is -2.75. The van der Waals surface area contributed by atoms with E-state index in [4.69, 9.17) is 0 Å². The summed E-state index contributed by atoms with van der Waals surface area (Å²) in [6, 6.07) is 7.97. The zero-order valence-electron chi connectivity index (χ0n) is 14.6. The summed E-state index contributed by atoms with van der Waals surface area (Å²) in [4.78, 5) is -0.895. The van der Waals surface area contributed by atoms with Crippen molar-refractivity contribution in [3.8, 4) is 16.9 Å². The smallest absolute Gasteiger partial charge is 0.229 e. The fourth-order valence-electron chi connectivity index (χ4n) is 2.60. The predicted octanol–water partition coefficient (Wildman–Crippen LogP) is 4.55. The largest absolute Gasteiger partial charge is 0.435 e. The Morgan fingerprint density at radius 2 is 1.57 bits per heavy atom. The van der Waals surface area contributed by atoms with Crippen molar-refractivity contribution in [2.45, 2.75) is 18.0 Å². The van der Waals surface area contributed by atoms with Gasteiger partial charge in [-0.05, 0) is 19.1 Å². The van der Waals surface area contributed by atoms with Crippen molar-refractivity contribution in [3.63, 3.8) is 0 Å². The minimum Gasteiger partial charge on any atom is -0.229 e. The van der Waals surface area contributed by atoms with E-state index in [1.54, 1.807) is 19.1 Å². The highest BCUT2D eigenvalue weighted by molar-refractivity contribution is 7.90. The highest BCUT2D eigenvalue weighted by Gasteiger charge is 2.35. The van der Waals surface area contributed by atoms with E-state index in [2.05, 4.69) is 5.10 Å². The zero-order valence-corrected chi connectivity index (χ0v) is 15.4. The molecule has 0 aliphatic rings. The Balaban J connectivity index is 2.28. The van der Waals surface area contributed by atoms with Gasteiger partial charge in [0.2, 0.25) is 0 Å². The molecule has 3 rings (SSSR count). The van der Waals surface area contributed by atoms with Crippen molar-refractivity contribution >= 4 is 9.84 Å². The summed E-state index contributed by atoms with van der Waals surface area (Å²) in [6.07, 6.45) is -4.12.